The minimum atomic E-state index is -0.640. The van der Waals surface area contributed by atoms with Crippen molar-refractivity contribution in [1.82, 2.24) is 5.32 Å². The highest BCUT2D eigenvalue weighted by atomic mass is 79.9. The van der Waals surface area contributed by atoms with E-state index >= 15 is 0 Å². The topological polar surface area (TPSA) is 84.5 Å². The number of halogens is 1. The molecule has 1 saturated heterocycles. The van der Waals surface area contributed by atoms with Crippen LogP contribution >= 0.6 is 15.9 Å². The molecule has 0 saturated carbocycles. The van der Waals surface area contributed by atoms with Crippen LogP contribution in [0.15, 0.2) is 22.7 Å². The van der Waals surface area contributed by atoms with E-state index in [9.17, 15) is 14.4 Å². The molecule has 1 aromatic carbocycles. The van der Waals surface area contributed by atoms with Crippen molar-refractivity contribution in [1.29, 1.82) is 0 Å². The van der Waals surface area contributed by atoms with Crippen molar-refractivity contribution in [2.24, 2.45) is 0 Å². The lowest BCUT2D eigenvalue weighted by atomic mass is 10.2. The van der Waals surface area contributed by atoms with Gasteiger partial charge in [0.05, 0.1) is 0 Å². The third kappa shape index (κ3) is 4.29. The molecule has 1 aliphatic heterocycles. The van der Waals surface area contributed by atoms with Crippen LogP contribution in [0.2, 0.25) is 0 Å². The summed E-state index contributed by atoms with van der Waals surface area (Å²) < 4.78 is 5.77. The Morgan fingerprint density at radius 2 is 2.24 bits per heavy atom. The van der Waals surface area contributed by atoms with Crippen LogP contribution in [0.4, 0.5) is 5.69 Å². The quantitative estimate of drug-likeness (QED) is 0.802. The van der Waals surface area contributed by atoms with Crippen molar-refractivity contribution in [2.75, 3.05) is 11.9 Å². The van der Waals surface area contributed by atoms with Crippen molar-refractivity contribution in [2.45, 2.75) is 25.8 Å². The number of hydrogen-bond donors (Lipinski definition) is 2. The van der Waals surface area contributed by atoms with Crippen LogP contribution < -0.4 is 10.6 Å². The molecule has 0 aromatic heterocycles. The molecule has 1 fully saturated rings. The first-order chi connectivity index (χ1) is 9.95. The summed E-state index contributed by atoms with van der Waals surface area (Å²) in [4.78, 5) is 34.3. The number of benzene rings is 1. The van der Waals surface area contributed by atoms with Crippen molar-refractivity contribution < 1.29 is 19.1 Å². The van der Waals surface area contributed by atoms with Gasteiger partial charge in [-0.25, -0.2) is 4.79 Å². The molecule has 0 aliphatic carbocycles. The molecule has 0 bridgehead atoms. The molecule has 7 heteroatoms. The molecule has 1 atom stereocenters. The van der Waals surface area contributed by atoms with E-state index < -0.39 is 17.9 Å². The number of ether oxygens (including phenoxy) is 1. The van der Waals surface area contributed by atoms with E-state index in [0.29, 0.717) is 18.5 Å². The maximum absolute atomic E-state index is 11.7. The van der Waals surface area contributed by atoms with Crippen molar-refractivity contribution >= 4 is 39.4 Å². The van der Waals surface area contributed by atoms with Crippen LogP contribution in [0.5, 0.6) is 0 Å². The molecule has 2 rings (SSSR count). The number of amides is 2. The molecule has 2 N–H and O–H groups in total. The second-order valence-electron chi connectivity index (χ2n) is 4.78. The Balaban J connectivity index is 1.80. The minimum absolute atomic E-state index is 0.175. The lowest BCUT2D eigenvalue weighted by molar-refractivity contribution is -0.149. The molecular formula is C14H15BrN2O4. The van der Waals surface area contributed by atoms with Gasteiger partial charge in [-0.15, -0.1) is 0 Å². The maximum Gasteiger partial charge on any atom is 0.329 e. The van der Waals surface area contributed by atoms with Gasteiger partial charge < -0.3 is 15.4 Å². The second kappa shape index (κ2) is 6.71. The van der Waals surface area contributed by atoms with E-state index in [2.05, 4.69) is 26.6 Å². The van der Waals surface area contributed by atoms with Crippen molar-refractivity contribution in [3.8, 4) is 0 Å². The van der Waals surface area contributed by atoms with E-state index in [1.165, 1.54) is 0 Å². The van der Waals surface area contributed by atoms with E-state index in [-0.39, 0.29) is 12.5 Å². The summed E-state index contributed by atoms with van der Waals surface area (Å²) in [5.74, 6) is -1.18. The Morgan fingerprint density at radius 3 is 2.86 bits per heavy atom. The van der Waals surface area contributed by atoms with Gasteiger partial charge in [-0.1, -0.05) is 22.0 Å². The van der Waals surface area contributed by atoms with Crippen molar-refractivity contribution in [3.05, 3.63) is 28.2 Å². The second-order valence-corrected chi connectivity index (χ2v) is 5.63. The number of aryl methyl sites for hydroxylation is 1. The molecule has 6 nitrogen and oxygen atoms in total. The number of carbonyl (C=O) groups is 3. The normalized spacial score (nSPS) is 17.2. The first-order valence-corrected chi connectivity index (χ1v) is 7.27. The van der Waals surface area contributed by atoms with Crippen LogP contribution in [-0.2, 0) is 19.1 Å². The highest BCUT2D eigenvalue weighted by Gasteiger charge is 2.28. The summed E-state index contributed by atoms with van der Waals surface area (Å²) >= 11 is 3.37. The zero-order valence-electron chi connectivity index (χ0n) is 11.4. The van der Waals surface area contributed by atoms with Gasteiger partial charge in [-0.05, 0) is 31.0 Å². The van der Waals surface area contributed by atoms with Gasteiger partial charge in [0.2, 0.25) is 5.91 Å². The molecule has 1 aliphatic rings. The van der Waals surface area contributed by atoms with Gasteiger partial charge in [0, 0.05) is 16.6 Å². The highest BCUT2D eigenvalue weighted by Crippen LogP contribution is 2.20. The predicted octanol–water partition coefficient (Wildman–Crippen LogP) is 1.52. The van der Waals surface area contributed by atoms with Gasteiger partial charge in [0.15, 0.2) is 6.61 Å². The highest BCUT2D eigenvalue weighted by molar-refractivity contribution is 9.10. The van der Waals surface area contributed by atoms with E-state index in [4.69, 9.17) is 4.74 Å². The van der Waals surface area contributed by atoms with Crippen LogP contribution in [0, 0.1) is 6.92 Å². The average molecular weight is 355 g/mol. The number of carbonyl (C=O) groups excluding carboxylic acids is 3. The summed E-state index contributed by atoms with van der Waals surface area (Å²) in [5, 5.41) is 5.12. The van der Waals surface area contributed by atoms with Gasteiger partial charge >= 0.3 is 5.97 Å². The molecule has 0 unspecified atom stereocenters. The summed E-state index contributed by atoms with van der Waals surface area (Å²) in [5.41, 5.74) is 1.67. The fourth-order valence-electron chi connectivity index (χ4n) is 1.90. The van der Waals surface area contributed by atoms with Gasteiger partial charge in [-0.3, -0.25) is 9.59 Å². The Morgan fingerprint density at radius 1 is 1.48 bits per heavy atom. The van der Waals surface area contributed by atoms with Crippen LogP contribution in [0.1, 0.15) is 18.4 Å². The zero-order chi connectivity index (χ0) is 15.4. The van der Waals surface area contributed by atoms with Crippen molar-refractivity contribution in [3.63, 3.8) is 0 Å². The molecule has 0 spiro atoms. The third-order valence-electron chi connectivity index (χ3n) is 3.08. The Labute approximate surface area is 130 Å². The molecule has 0 radical (unpaired) electrons. The fraction of sp³-hybridized carbons (Fsp3) is 0.357. The standard InChI is InChI=1S/C14H15BrN2O4/c1-8-2-3-9(6-10(8)15)16-13(19)7-21-14(20)11-4-5-12(18)17-11/h2-3,6,11H,4-5,7H2,1H3,(H,16,19)(H,17,18)/t11-/m1/s1. The number of anilines is 1. The first kappa shape index (κ1) is 15.5. The van der Waals surface area contributed by atoms with Gasteiger partial charge in [0.25, 0.3) is 5.91 Å². The summed E-state index contributed by atoms with van der Waals surface area (Å²) in [6.07, 6.45) is 0.716. The Bertz CT molecular complexity index is 588. The summed E-state index contributed by atoms with van der Waals surface area (Å²) in [7, 11) is 0. The minimum Gasteiger partial charge on any atom is -0.454 e. The maximum atomic E-state index is 11.7. The molecule has 2 amide bonds. The van der Waals surface area contributed by atoms with E-state index in [1.54, 1.807) is 12.1 Å². The first-order valence-electron chi connectivity index (χ1n) is 6.47. The molecule has 1 heterocycles. The van der Waals surface area contributed by atoms with Crippen LogP contribution in [-0.4, -0.2) is 30.4 Å². The zero-order valence-corrected chi connectivity index (χ0v) is 13.0. The van der Waals surface area contributed by atoms with Gasteiger partial charge in [-0.2, -0.15) is 0 Å². The Kier molecular flexibility index (Phi) is 4.95. The smallest absolute Gasteiger partial charge is 0.329 e. The summed E-state index contributed by atoms with van der Waals surface area (Å²) in [6, 6.07) is 4.75. The monoisotopic (exact) mass is 354 g/mol. The number of nitrogens with one attached hydrogen (secondary N) is 2. The number of hydrogen-bond acceptors (Lipinski definition) is 4. The average Bonchev–Trinajstić information content (AvgIpc) is 2.87. The van der Waals surface area contributed by atoms with E-state index in [0.717, 1.165) is 10.0 Å². The lowest BCUT2D eigenvalue weighted by Gasteiger charge is -2.10. The molecule has 112 valence electrons. The number of esters is 1. The molecular weight excluding hydrogens is 340 g/mol. The predicted molar refractivity (Wildman–Crippen MR) is 79.6 cm³/mol. The summed E-state index contributed by atoms with van der Waals surface area (Å²) in [6.45, 7) is 1.56. The largest absolute Gasteiger partial charge is 0.454 e. The van der Waals surface area contributed by atoms with Gasteiger partial charge in [0.1, 0.15) is 6.04 Å². The SMILES string of the molecule is Cc1ccc(NC(=O)COC(=O)[C@H]2CCC(=O)N2)cc1Br. The Hall–Kier alpha value is -1.89. The number of rotatable bonds is 4. The third-order valence-corrected chi connectivity index (χ3v) is 3.94. The van der Waals surface area contributed by atoms with Crippen LogP contribution in [0.3, 0.4) is 0 Å². The molecule has 1 aromatic rings. The van der Waals surface area contributed by atoms with E-state index in [1.807, 2.05) is 13.0 Å². The van der Waals surface area contributed by atoms with Crippen LogP contribution in [0.25, 0.3) is 0 Å². The lowest BCUT2D eigenvalue weighted by Crippen LogP contribution is -2.36. The molecule has 21 heavy (non-hydrogen) atoms. The fourth-order valence-corrected chi connectivity index (χ4v) is 2.27.